The molecule has 0 bridgehead atoms. The average Bonchev–Trinajstić information content (AvgIpc) is 2.24. The number of nitrogens with two attached hydrogens (primary N) is 1. The lowest BCUT2D eigenvalue weighted by Crippen LogP contribution is -2.46. The Morgan fingerprint density at radius 3 is 2.40 bits per heavy atom. The maximum Gasteiger partial charge on any atom is 0.118 e. The second-order valence-electron chi connectivity index (χ2n) is 4.56. The lowest BCUT2D eigenvalue weighted by atomic mass is 9.74. The summed E-state index contributed by atoms with van der Waals surface area (Å²) in [4.78, 5) is 0. The first kappa shape index (κ1) is 10.5. The molecule has 0 spiro atoms. The van der Waals surface area contributed by atoms with Gasteiger partial charge in [0.1, 0.15) is 5.75 Å². The molecule has 0 radical (unpaired) electrons. The predicted molar refractivity (Wildman–Crippen MR) is 62.1 cm³/mol. The van der Waals surface area contributed by atoms with Crippen molar-refractivity contribution >= 4 is 0 Å². The second kappa shape index (κ2) is 4.23. The molecule has 1 saturated carbocycles. The van der Waals surface area contributed by atoms with Gasteiger partial charge < -0.3 is 10.5 Å². The number of benzene rings is 1. The van der Waals surface area contributed by atoms with Crippen molar-refractivity contribution in [3.63, 3.8) is 0 Å². The molecule has 1 aliphatic rings. The van der Waals surface area contributed by atoms with E-state index in [1.54, 1.807) is 7.11 Å². The quantitative estimate of drug-likeness (QED) is 0.819. The average molecular weight is 205 g/mol. The largest absolute Gasteiger partial charge is 0.497 e. The van der Waals surface area contributed by atoms with Gasteiger partial charge in [-0.15, -0.1) is 0 Å². The van der Waals surface area contributed by atoms with Crippen molar-refractivity contribution in [2.75, 3.05) is 7.11 Å². The minimum absolute atomic E-state index is 0.139. The van der Waals surface area contributed by atoms with Gasteiger partial charge in [0.05, 0.1) is 7.11 Å². The Kier molecular flexibility index (Phi) is 2.96. The molecule has 2 nitrogen and oxygen atoms in total. The van der Waals surface area contributed by atoms with E-state index in [2.05, 4.69) is 12.1 Å². The van der Waals surface area contributed by atoms with E-state index in [9.17, 15) is 0 Å². The van der Waals surface area contributed by atoms with Crippen molar-refractivity contribution in [3.05, 3.63) is 29.8 Å². The lowest BCUT2D eigenvalue weighted by Gasteiger charge is -2.38. The summed E-state index contributed by atoms with van der Waals surface area (Å²) in [5.74, 6) is 0.921. The van der Waals surface area contributed by atoms with E-state index in [0.29, 0.717) is 0 Å². The van der Waals surface area contributed by atoms with Gasteiger partial charge in [-0.3, -0.25) is 0 Å². The van der Waals surface area contributed by atoms with Crippen molar-refractivity contribution < 1.29 is 4.74 Å². The van der Waals surface area contributed by atoms with E-state index in [1.807, 2.05) is 12.1 Å². The highest BCUT2D eigenvalue weighted by molar-refractivity contribution is 5.27. The molecular formula is C13H19NO. The van der Waals surface area contributed by atoms with E-state index < -0.39 is 0 Å². The number of methoxy groups -OCH3 is 1. The van der Waals surface area contributed by atoms with E-state index >= 15 is 0 Å². The van der Waals surface area contributed by atoms with Gasteiger partial charge >= 0.3 is 0 Å². The Bertz CT molecular complexity index is 314. The van der Waals surface area contributed by atoms with Crippen LogP contribution in [0.5, 0.6) is 5.75 Å². The standard InChI is InChI=1S/C13H19NO/c1-15-12-5-3-11(4-6-12)7-10-13(14)8-2-9-13/h3-6H,2,7-10,14H2,1H3. The molecule has 2 N–H and O–H groups in total. The van der Waals surface area contributed by atoms with Crippen molar-refractivity contribution in [2.24, 2.45) is 5.73 Å². The maximum atomic E-state index is 6.18. The summed E-state index contributed by atoms with van der Waals surface area (Å²) >= 11 is 0. The zero-order valence-electron chi connectivity index (χ0n) is 9.33. The van der Waals surface area contributed by atoms with Crippen LogP contribution < -0.4 is 10.5 Å². The topological polar surface area (TPSA) is 35.2 Å². The molecular weight excluding hydrogens is 186 g/mol. The molecule has 15 heavy (non-hydrogen) atoms. The van der Waals surface area contributed by atoms with Crippen molar-refractivity contribution in [1.29, 1.82) is 0 Å². The van der Waals surface area contributed by atoms with Crippen LogP contribution in [0.4, 0.5) is 0 Å². The Morgan fingerprint density at radius 2 is 1.93 bits per heavy atom. The van der Waals surface area contributed by atoms with Gasteiger partial charge in [0.25, 0.3) is 0 Å². The molecule has 2 rings (SSSR count). The molecule has 0 amide bonds. The molecule has 0 heterocycles. The first-order valence-corrected chi connectivity index (χ1v) is 5.64. The molecule has 2 heteroatoms. The molecule has 1 aromatic carbocycles. The highest BCUT2D eigenvalue weighted by Gasteiger charge is 2.31. The summed E-state index contributed by atoms with van der Waals surface area (Å²) in [5.41, 5.74) is 7.68. The fourth-order valence-electron chi connectivity index (χ4n) is 2.07. The Labute approximate surface area is 91.4 Å². The molecule has 0 atom stereocenters. The predicted octanol–water partition coefficient (Wildman–Crippen LogP) is 2.51. The molecule has 0 aliphatic heterocycles. The van der Waals surface area contributed by atoms with E-state index in [4.69, 9.17) is 10.5 Å². The maximum absolute atomic E-state index is 6.18. The van der Waals surface area contributed by atoms with Crippen LogP contribution in [0.2, 0.25) is 0 Å². The van der Waals surface area contributed by atoms with E-state index in [0.717, 1.165) is 18.6 Å². The van der Waals surface area contributed by atoms with Crippen LogP contribution in [0.15, 0.2) is 24.3 Å². The third kappa shape index (κ3) is 2.51. The number of aryl methyl sites for hydroxylation is 1. The first-order chi connectivity index (χ1) is 7.22. The second-order valence-corrected chi connectivity index (χ2v) is 4.56. The zero-order valence-corrected chi connectivity index (χ0v) is 9.33. The van der Waals surface area contributed by atoms with Gasteiger partial charge in [0.15, 0.2) is 0 Å². The van der Waals surface area contributed by atoms with Gasteiger partial charge in [-0.2, -0.15) is 0 Å². The third-order valence-corrected chi connectivity index (χ3v) is 3.42. The summed E-state index contributed by atoms with van der Waals surface area (Å²) in [7, 11) is 1.69. The summed E-state index contributed by atoms with van der Waals surface area (Å²) < 4.78 is 5.12. The third-order valence-electron chi connectivity index (χ3n) is 3.42. The van der Waals surface area contributed by atoms with Gasteiger partial charge in [0.2, 0.25) is 0 Å². The Hall–Kier alpha value is -1.02. The van der Waals surface area contributed by atoms with Crippen LogP contribution in [-0.4, -0.2) is 12.6 Å². The summed E-state index contributed by atoms with van der Waals surface area (Å²) in [6.45, 7) is 0. The molecule has 1 fully saturated rings. The van der Waals surface area contributed by atoms with Crippen LogP contribution in [0.3, 0.4) is 0 Å². The minimum Gasteiger partial charge on any atom is -0.497 e. The Morgan fingerprint density at radius 1 is 1.27 bits per heavy atom. The van der Waals surface area contributed by atoms with Crippen molar-refractivity contribution in [1.82, 2.24) is 0 Å². The van der Waals surface area contributed by atoms with Gasteiger partial charge in [-0.25, -0.2) is 0 Å². The van der Waals surface area contributed by atoms with Gasteiger partial charge in [0, 0.05) is 5.54 Å². The fraction of sp³-hybridized carbons (Fsp3) is 0.538. The first-order valence-electron chi connectivity index (χ1n) is 5.64. The van der Waals surface area contributed by atoms with Crippen LogP contribution in [0.1, 0.15) is 31.2 Å². The van der Waals surface area contributed by atoms with Gasteiger partial charge in [-0.05, 0) is 49.8 Å². The molecule has 1 aliphatic carbocycles. The van der Waals surface area contributed by atoms with Crippen molar-refractivity contribution in [3.8, 4) is 5.75 Å². The van der Waals surface area contributed by atoms with Crippen LogP contribution in [0, 0.1) is 0 Å². The zero-order chi connectivity index (χ0) is 10.7. The van der Waals surface area contributed by atoms with Crippen LogP contribution in [0.25, 0.3) is 0 Å². The molecule has 82 valence electrons. The molecule has 0 aromatic heterocycles. The normalized spacial score (nSPS) is 18.3. The Balaban J connectivity index is 1.87. The summed E-state index contributed by atoms with van der Waals surface area (Å²) in [6, 6.07) is 8.28. The SMILES string of the molecule is COc1ccc(CCC2(N)CCC2)cc1. The monoisotopic (exact) mass is 205 g/mol. The number of hydrogen-bond acceptors (Lipinski definition) is 2. The number of hydrogen-bond donors (Lipinski definition) is 1. The summed E-state index contributed by atoms with van der Waals surface area (Å²) in [6.07, 6.45) is 5.89. The van der Waals surface area contributed by atoms with Crippen LogP contribution in [-0.2, 0) is 6.42 Å². The van der Waals surface area contributed by atoms with E-state index in [-0.39, 0.29) is 5.54 Å². The highest BCUT2D eigenvalue weighted by atomic mass is 16.5. The van der Waals surface area contributed by atoms with Crippen molar-refractivity contribution in [2.45, 2.75) is 37.6 Å². The minimum atomic E-state index is 0.139. The summed E-state index contributed by atoms with van der Waals surface area (Å²) in [5, 5.41) is 0. The highest BCUT2D eigenvalue weighted by Crippen LogP contribution is 2.33. The lowest BCUT2D eigenvalue weighted by molar-refractivity contribution is 0.232. The smallest absolute Gasteiger partial charge is 0.118 e. The van der Waals surface area contributed by atoms with Crippen LogP contribution >= 0.6 is 0 Å². The molecule has 0 saturated heterocycles. The number of ether oxygens (including phenoxy) is 1. The van der Waals surface area contributed by atoms with Gasteiger partial charge in [-0.1, -0.05) is 12.1 Å². The molecule has 1 aromatic rings. The number of rotatable bonds is 4. The molecule has 0 unspecified atom stereocenters. The van der Waals surface area contributed by atoms with E-state index in [1.165, 1.54) is 24.8 Å². The fourth-order valence-corrected chi connectivity index (χ4v) is 2.07.